The van der Waals surface area contributed by atoms with Crippen LogP contribution < -0.4 is 5.32 Å². The quantitative estimate of drug-likeness (QED) is 0.775. The molecule has 4 heteroatoms. The Kier molecular flexibility index (Phi) is 5.55. The van der Waals surface area contributed by atoms with Gasteiger partial charge in [-0.15, -0.1) is 0 Å². The first-order valence-corrected chi connectivity index (χ1v) is 6.49. The van der Waals surface area contributed by atoms with Crippen molar-refractivity contribution >= 4 is 11.9 Å². The summed E-state index contributed by atoms with van der Waals surface area (Å²) >= 11 is 0. The van der Waals surface area contributed by atoms with Gasteiger partial charge in [0.05, 0.1) is 0 Å². The van der Waals surface area contributed by atoms with Crippen LogP contribution in [0.15, 0.2) is 12.1 Å². The number of rotatable bonds is 6. The van der Waals surface area contributed by atoms with Crippen LogP contribution in [0, 0.1) is 20.8 Å². The number of hydrogen-bond acceptors (Lipinski definition) is 2. The van der Waals surface area contributed by atoms with Crippen molar-refractivity contribution < 1.29 is 14.7 Å². The number of aliphatic carboxylic acids is 1. The zero-order valence-electron chi connectivity index (χ0n) is 11.7. The van der Waals surface area contributed by atoms with E-state index in [4.69, 9.17) is 5.11 Å². The van der Waals surface area contributed by atoms with Gasteiger partial charge >= 0.3 is 5.97 Å². The van der Waals surface area contributed by atoms with Gasteiger partial charge in [0.1, 0.15) is 0 Å². The average Bonchev–Trinajstić information content (AvgIpc) is 2.26. The van der Waals surface area contributed by atoms with Crippen LogP contribution in [0.3, 0.4) is 0 Å². The number of aryl methyl sites for hydroxylation is 3. The second kappa shape index (κ2) is 6.92. The molecular weight excluding hydrogens is 242 g/mol. The van der Waals surface area contributed by atoms with Crippen LogP contribution in [0.1, 0.15) is 46.3 Å². The molecule has 0 saturated heterocycles. The summed E-state index contributed by atoms with van der Waals surface area (Å²) in [5.74, 6) is -0.873. The molecule has 0 fully saturated rings. The smallest absolute Gasteiger partial charge is 0.303 e. The zero-order chi connectivity index (χ0) is 14.4. The minimum atomic E-state index is -0.795. The monoisotopic (exact) mass is 263 g/mol. The fraction of sp³-hybridized carbons (Fsp3) is 0.467. The summed E-state index contributed by atoms with van der Waals surface area (Å²) in [6.45, 7) is 6.38. The van der Waals surface area contributed by atoms with Gasteiger partial charge in [-0.3, -0.25) is 9.59 Å². The van der Waals surface area contributed by atoms with Gasteiger partial charge < -0.3 is 10.4 Å². The molecule has 0 spiro atoms. The average molecular weight is 263 g/mol. The van der Waals surface area contributed by atoms with Crippen molar-refractivity contribution in [1.29, 1.82) is 0 Å². The molecule has 1 rings (SSSR count). The molecule has 104 valence electrons. The van der Waals surface area contributed by atoms with Gasteiger partial charge in [-0.1, -0.05) is 17.7 Å². The summed E-state index contributed by atoms with van der Waals surface area (Å²) in [6, 6.07) is 3.98. The summed E-state index contributed by atoms with van der Waals surface area (Å²) in [5, 5.41) is 11.4. The van der Waals surface area contributed by atoms with Crippen molar-refractivity contribution in [2.75, 3.05) is 6.54 Å². The Labute approximate surface area is 113 Å². The lowest BCUT2D eigenvalue weighted by atomic mass is 9.99. The molecule has 4 nitrogen and oxygen atoms in total. The zero-order valence-corrected chi connectivity index (χ0v) is 11.7. The number of carbonyl (C=O) groups excluding carboxylic acids is 1. The Hall–Kier alpha value is -1.84. The highest BCUT2D eigenvalue weighted by Gasteiger charge is 2.12. The van der Waals surface area contributed by atoms with E-state index in [-0.39, 0.29) is 12.3 Å². The fourth-order valence-corrected chi connectivity index (χ4v) is 2.23. The second-order valence-corrected chi connectivity index (χ2v) is 4.88. The third-order valence-corrected chi connectivity index (χ3v) is 3.01. The van der Waals surface area contributed by atoms with Gasteiger partial charge in [0.15, 0.2) is 0 Å². The third kappa shape index (κ3) is 4.73. The first-order valence-electron chi connectivity index (χ1n) is 6.49. The highest BCUT2D eigenvalue weighted by Crippen LogP contribution is 2.16. The number of carbonyl (C=O) groups is 2. The van der Waals surface area contributed by atoms with Gasteiger partial charge in [-0.2, -0.15) is 0 Å². The lowest BCUT2D eigenvalue weighted by Crippen LogP contribution is -2.26. The molecule has 0 aliphatic heterocycles. The molecule has 1 aromatic rings. The normalized spacial score (nSPS) is 10.3. The van der Waals surface area contributed by atoms with E-state index in [1.54, 1.807) is 0 Å². The molecule has 0 unspecified atom stereocenters. The van der Waals surface area contributed by atoms with Crippen molar-refractivity contribution in [3.8, 4) is 0 Å². The molecule has 19 heavy (non-hydrogen) atoms. The minimum absolute atomic E-state index is 0.0784. The van der Waals surface area contributed by atoms with Crippen molar-refractivity contribution in [3.63, 3.8) is 0 Å². The fourth-order valence-electron chi connectivity index (χ4n) is 2.23. The summed E-state index contributed by atoms with van der Waals surface area (Å²) in [4.78, 5) is 22.4. The van der Waals surface area contributed by atoms with E-state index in [9.17, 15) is 9.59 Å². The van der Waals surface area contributed by atoms with Crippen molar-refractivity contribution in [2.24, 2.45) is 0 Å². The first-order chi connectivity index (χ1) is 8.91. The molecule has 0 radical (unpaired) electrons. The number of benzene rings is 1. The Morgan fingerprint density at radius 1 is 1.11 bits per heavy atom. The number of amides is 1. The van der Waals surface area contributed by atoms with Crippen LogP contribution in [0.2, 0.25) is 0 Å². The topological polar surface area (TPSA) is 66.4 Å². The largest absolute Gasteiger partial charge is 0.481 e. The van der Waals surface area contributed by atoms with Gasteiger partial charge in [-0.05, 0) is 44.7 Å². The maximum atomic E-state index is 12.1. The van der Waals surface area contributed by atoms with Crippen LogP contribution in [0.25, 0.3) is 0 Å². The SMILES string of the molecule is Cc1cc(C)c(C(=O)NCCCCC(=O)O)c(C)c1. The number of carboxylic acids is 1. The van der Waals surface area contributed by atoms with Crippen LogP contribution in [-0.4, -0.2) is 23.5 Å². The highest BCUT2D eigenvalue weighted by molar-refractivity contribution is 5.97. The first kappa shape index (κ1) is 15.2. The minimum Gasteiger partial charge on any atom is -0.481 e. The maximum absolute atomic E-state index is 12.1. The van der Waals surface area contributed by atoms with E-state index in [0.717, 1.165) is 22.3 Å². The van der Waals surface area contributed by atoms with Gasteiger partial charge in [-0.25, -0.2) is 0 Å². The summed E-state index contributed by atoms with van der Waals surface area (Å²) in [5.41, 5.74) is 3.82. The number of nitrogens with one attached hydrogen (secondary N) is 1. The summed E-state index contributed by atoms with van der Waals surface area (Å²) in [7, 11) is 0. The molecule has 0 aliphatic rings. The van der Waals surface area contributed by atoms with E-state index >= 15 is 0 Å². The Bertz CT molecular complexity index is 457. The van der Waals surface area contributed by atoms with Crippen LogP contribution in [-0.2, 0) is 4.79 Å². The van der Waals surface area contributed by atoms with Crippen molar-refractivity contribution in [3.05, 3.63) is 34.4 Å². The molecule has 1 aromatic carbocycles. The molecule has 2 N–H and O–H groups in total. The van der Waals surface area contributed by atoms with Gasteiger partial charge in [0.2, 0.25) is 0 Å². The Morgan fingerprint density at radius 3 is 2.21 bits per heavy atom. The van der Waals surface area contributed by atoms with E-state index in [1.165, 1.54) is 0 Å². The lowest BCUT2D eigenvalue weighted by Gasteiger charge is -2.11. The number of carboxylic acid groups (broad SMARTS) is 1. The highest BCUT2D eigenvalue weighted by atomic mass is 16.4. The lowest BCUT2D eigenvalue weighted by molar-refractivity contribution is -0.137. The van der Waals surface area contributed by atoms with Crippen LogP contribution in [0.4, 0.5) is 0 Å². The molecule has 1 amide bonds. The number of unbranched alkanes of at least 4 members (excludes halogenated alkanes) is 1. The summed E-state index contributed by atoms with van der Waals surface area (Å²) in [6.07, 6.45) is 1.42. The predicted molar refractivity (Wildman–Crippen MR) is 74.5 cm³/mol. The van der Waals surface area contributed by atoms with Gasteiger partial charge in [0.25, 0.3) is 5.91 Å². The van der Waals surface area contributed by atoms with E-state index in [0.29, 0.717) is 19.4 Å². The Morgan fingerprint density at radius 2 is 1.68 bits per heavy atom. The van der Waals surface area contributed by atoms with Crippen molar-refractivity contribution in [1.82, 2.24) is 5.32 Å². The Balaban J connectivity index is 2.52. The molecule has 0 aromatic heterocycles. The van der Waals surface area contributed by atoms with Crippen LogP contribution >= 0.6 is 0 Å². The third-order valence-electron chi connectivity index (χ3n) is 3.01. The standard InChI is InChI=1S/C15H21NO3/c1-10-8-11(2)14(12(3)9-10)15(19)16-7-5-4-6-13(17)18/h8-9H,4-7H2,1-3H3,(H,16,19)(H,17,18). The van der Waals surface area contributed by atoms with Crippen LogP contribution in [0.5, 0.6) is 0 Å². The van der Waals surface area contributed by atoms with Crippen molar-refractivity contribution in [2.45, 2.75) is 40.0 Å². The summed E-state index contributed by atoms with van der Waals surface area (Å²) < 4.78 is 0. The molecule has 0 saturated carbocycles. The molecular formula is C15H21NO3. The molecule has 0 heterocycles. The molecule has 0 atom stereocenters. The van der Waals surface area contributed by atoms with Gasteiger partial charge in [0, 0.05) is 18.5 Å². The van der Waals surface area contributed by atoms with E-state index < -0.39 is 5.97 Å². The molecule has 0 bridgehead atoms. The second-order valence-electron chi connectivity index (χ2n) is 4.88. The predicted octanol–water partition coefficient (Wildman–Crippen LogP) is 2.60. The van der Waals surface area contributed by atoms with E-state index in [1.807, 2.05) is 32.9 Å². The molecule has 0 aliphatic carbocycles. The number of hydrogen-bond donors (Lipinski definition) is 2. The maximum Gasteiger partial charge on any atom is 0.303 e. The van der Waals surface area contributed by atoms with E-state index in [2.05, 4.69) is 5.32 Å².